The minimum absolute atomic E-state index is 0.0724. The molecule has 0 bridgehead atoms. The highest BCUT2D eigenvalue weighted by molar-refractivity contribution is 5.90. The Balaban J connectivity index is 2.05. The Morgan fingerprint density at radius 3 is 2.40 bits per heavy atom. The summed E-state index contributed by atoms with van der Waals surface area (Å²) in [5, 5.41) is 9.65. The molecule has 0 amide bonds. The molecule has 2 aromatic rings. The zero-order valence-corrected chi connectivity index (χ0v) is 18.1. The summed E-state index contributed by atoms with van der Waals surface area (Å²) in [6.45, 7) is 11.8. The highest BCUT2D eigenvalue weighted by Crippen LogP contribution is 2.44. The molecule has 30 heavy (non-hydrogen) atoms. The number of anilines is 1. The molecule has 1 heterocycles. The Morgan fingerprint density at radius 1 is 1.23 bits per heavy atom. The monoisotopic (exact) mass is 412 g/mol. The molecule has 1 aliphatic rings. The molecule has 2 aromatic carbocycles. The number of rotatable bonds is 3. The Kier molecular flexibility index (Phi) is 5.73. The van der Waals surface area contributed by atoms with Crippen molar-refractivity contribution in [1.29, 1.82) is 5.26 Å². The number of benzene rings is 2. The molecule has 1 unspecified atom stereocenters. The fourth-order valence-corrected chi connectivity index (χ4v) is 4.58. The molecular formula is C25H27F3N2. The summed E-state index contributed by atoms with van der Waals surface area (Å²) < 4.78 is 38.5. The van der Waals surface area contributed by atoms with Gasteiger partial charge in [-0.15, -0.1) is 0 Å². The summed E-state index contributed by atoms with van der Waals surface area (Å²) >= 11 is 0. The molecule has 0 aliphatic carbocycles. The Bertz CT molecular complexity index is 1010. The van der Waals surface area contributed by atoms with Gasteiger partial charge in [-0.3, -0.25) is 0 Å². The average Bonchev–Trinajstić information content (AvgIpc) is 2.66. The zero-order chi connectivity index (χ0) is 22.3. The molecule has 2 nitrogen and oxygen atoms in total. The predicted octanol–water partition coefficient (Wildman–Crippen LogP) is 7.19. The van der Waals surface area contributed by atoms with Gasteiger partial charge in [0.2, 0.25) is 0 Å². The van der Waals surface area contributed by atoms with Gasteiger partial charge >= 0.3 is 6.18 Å². The van der Waals surface area contributed by atoms with Crippen LogP contribution in [0.2, 0.25) is 0 Å². The molecule has 5 heteroatoms. The van der Waals surface area contributed by atoms with E-state index in [4.69, 9.17) is 0 Å². The van der Waals surface area contributed by atoms with Crippen molar-refractivity contribution >= 4 is 17.3 Å². The second-order valence-corrected chi connectivity index (χ2v) is 8.67. The molecule has 0 radical (unpaired) electrons. The van der Waals surface area contributed by atoms with E-state index in [0.717, 1.165) is 36.2 Å². The molecule has 0 saturated heterocycles. The predicted molar refractivity (Wildman–Crippen MR) is 116 cm³/mol. The molecule has 1 aliphatic heterocycles. The van der Waals surface area contributed by atoms with E-state index in [-0.39, 0.29) is 5.54 Å². The number of fused-ring (bicyclic) bond motifs is 1. The maximum Gasteiger partial charge on any atom is 0.416 e. The lowest BCUT2D eigenvalue weighted by molar-refractivity contribution is -0.137. The number of aryl methyl sites for hydroxylation is 1. The third-order valence-corrected chi connectivity index (χ3v) is 6.03. The summed E-state index contributed by atoms with van der Waals surface area (Å²) in [5.41, 5.74) is 4.62. The van der Waals surface area contributed by atoms with Gasteiger partial charge in [0.1, 0.15) is 0 Å². The lowest BCUT2D eigenvalue weighted by Gasteiger charge is -2.47. The van der Waals surface area contributed by atoms with Crippen molar-refractivity contribution < 1.29 is 13.2 Å². The van der Waals surface area contributed by atoms with Crippen LogP contribution >= 0.6 is 0 Å². The van der Waals surface area contributed by atoms with Crippen LogP contribution < -0.4 is 4.90 Å². The maximum absolute atomic E-state index is 12.8. The fraction of sp³-hybridized carbons (Fsp3) is 0.400. The standard InChI is InChI=1S/C25H27F3N2/c1-6-30-23-11-16(2)19(13-22(23)17(3)14-24(30,4)5)12-20(15-29)18-7-9-21(10-8-18)25(26,27)28/h7-13,17H,6,14H2,1-5H3/b20-12+. The zero-order valence-electron chi connectivity index (χ0n) is 18.1. The third-order valence-electron chi connectivity index (χ3n) is 6.03. The van der Waals surface area contributed by atoms with Gasteiger partial charge in [0.15, 0.2) is 0 Å². The lowest BCUT2D eigenvalue weighted by atomic mass is 9.79. The topological polar surface area (TPSA) is 27.0 Å². The van der Waals surface area contributed by atoms with Crippen LogP contribution in [0.3, 0.4) is 0 Å². The quantitative estimate of drug-likeness (QED) is 0.394. The van der Waals surface area contributed by atoms with Gasteiger partial charge in [-0.05, 0) is 92.6 Å². The van der Waals surface area contributed by atoms with E-state index in [1.165, 1.54) is 23.4 Å². The van der Waals surface area contributed by atoms with Crippen LogP contribution in [-0.4, -0.2) is 12.1 Å². The third kappa shape index (κ3) is 4.09. The molecule has 0 N–H and O–H groups in total. The minimum atomic E-state index is -4.39. The van der Waals surface area contributed by atoms with Crippen molar-refractivity contribution in [2.24, 2.45) is 0 Å². The van der Waals surface area contributed by atoms with Gasteiger partial charge in [-0.1, -0.05) is 19.1 Å². The SMILES string of the molecule is CCN1c2cc(C)c(/C=C(\C#N)c3ccc(C(F)(F)F)cc3)cc2C(C)CC1(C)C. The first kappa shape index (κ1) is 22.0. The number of nitriles is 1. The largest absolute Gasteiger partial charge is 0.416 e. The van der Waals surface area contributed by atoms with Crippen LogP contribution in [0, 0.1) is 18.3 Å². The highest BCUT2D eigenvalue weighted by atomic mass is 19.4. The summed E-state index contributed by atoms with van der Waals surface area (Å²) in [6, 6.07) is 11.2. The molecular weight excluding hydrogens is 385 g/mol. The Labute approximate surface area is 176 Å². The first-order valence-corrected chi connectivity index (χ1v) is 10.2. The van der Waals surface area contributed by atoms with Crippen molar-refractivity contribution in [2.75, 3.05) is 11.4 Å². The molecule has 0 spiro atoms. The number of halogens is 3. The normalized spacial score (nSPS) is 18.7. The first-order chi connectivity index (χ1) is 14.0. The molecule has 0 aromatic heterocycles. The van der Waals surface area contributed by atoms with Crippen LogP contribution in [0.25, 0.3) is 11.6 Å². The van der Waals surface area contributed by atoms with Crippen molar-refractivity contribution in [3.8, 4) is 6.07 Å². The Morgan fingerprint density at radius 2 is 1.87 bits per heavy atom. The number of hydrogen-bond acceptors (Lipinski definition) is 2. The van der Waals surface area contributed by atoms with E-state index in [9.17, 15) is 18.4 Å². The first-order valence-electron chi connectivity index (χ1n) is 10.2. The second-order valence-electron chi connectivity index (χ2n) is 8.67. The van der Waals surface area contributed by atoms with Crippen LogP contribution in [0.15, 0.2) is 36.4 Å². The van der Waals surface area contributed by atoms with Crippen LogP contribution in [0.5, 0.6) is 0 Å². The van der Waals surface area contributed by atoms with Crippen molar-refractivity contribution in [2.45, 2.75) is 58.7 Å². The van der Waals surface area contributed by atoms with Crippen LogP contribution in [0.4, 0.5) is 18.9 Å². The number of allylic oxidation sites excluding steroid dienone is 1. The molecule has 1 atom stereocenters. The molecule has 3 rings (SSSR count). The van der Waals surface area contributed by atoms with Crippen molar-refractivity contribution in [3.63, 3.8) is 0 Å². The van der Waals surface area contributed by atoms with Gasteiger partial charge in [-0.25, -0.2) is 0 Å². The summed E-state index contributed by atoms with van der Waals surface area (Å²) in [6.07, 6.45) is -1.58. The van der Waals surface area contributed by atoms with E-state index in [1.54, 1.807) is 6.08 Å². The number of nitrogens with zero attached hydrogens (tertiary/aromatic N) is 2. The van der Waals surface area contributed by atoms with Gasteiger partial charge in [0, 0.05) is 17.8 Å². The molecule has 0 saturated carbocycles. The molecule has 158 valence electrons. The van der Waals surface area contributed by atoms with Gasteiger partial charge in [0.25, 0.3) is 0 Å². The van der Waals surface area contributed by atoms with Gasteiger partial charge in [-0.2, -0.15) is 18.4 Å². The van der Waals surface area contributed by atoms with E-state index in [0.29, 0.717) is 17.1 Å². The highest BCUT2D eigenvalue weighted by Gasteiger charge is 2.35. The van der Waals surface area contributed by atoms with Crippen molar-refractivity contribution in [1.82, 2.24) is 0 Å². The number of alkyl halides is 3. The van der Waals surface area contributed by atoms with Crippen LogP contribution in [-0.2, 0) is 6.18 Å². The van der Waals surface area contributed by atoms with Crippen LogP contribution in [0.1, 0.15) is 67.9 Å². The minimum Gasteiger partial charge on any atom is -0.366 e. The van der Waals surface area contributed by atoms with E-state index in [1.807, 2.05) is 6.92 Å². The molecule has 0 fully saturated rings. The lowest BCUT2D eigenvalue weighted by Crippen LogP contribution is -2.48. The average molecular weight is 412 g/mol. The Hall–Kier alpha value is -2.74. The summed E-state index contributed by atoms with van der Waals surface area (Å²) in [7, 11) is 0. The van der Waals surface area contributed by atoms with Gasteiger partial charge < -0.3 is 4.90 Å². The van der Waals surface area contributed by atoms with E-state index in [2.05, 4.69) is 50.8 Å². The fourth-order valence-electron chi connectivity index (χ4n) is 4.58. The second kappa shape index (κ2) is 7.83. The smallest absolute Gasteiger partial charge is 0.366 e. The summed E-state index contributed by atoms with van der Waals surface area (Å²) in [4.78, 5) is 2.42. The van der Waals surface area contributed by atoms with E-state index >= 15 is 0 Å². The van der Waals surface area contributed by atoms with E-state index < -0.39 is 11.7 Å². The number of hydrogen-bond donors (Lipinski definition) is 0. The van der Waals surface area contributed by atoms with Crippen molar-refractivity contribution in [3.05, 3.63) is 64.2 Å². The maximum atomic E-state index is 12.8. The summed E-state index contributed by atoms with van der Waals surface area (Å²) in [5.74, 6) is 0.377. The van der Waals surface area contributed by atoms with Gasteiger partial charge in [0.05, 0.1) is 17.2 Å².